The molecule has 2 rings (SSSR count). The second-order valence-electron chi connectivity index (χ2n) is 5.80. The highest BCUT2D eigenvalue weighted by Crippen LogP contribution is 2.29. The summed E-state index contributed by atoms with van der Waals surface area (Å²) >= 11 is 3.50. The predicted octanol–water partition coefficient (Wildman–Crippen LogP) is 3.02. The molecule has 1 fully saturated rings. The summed E-state index contributed by atoms with van der Waals surface area (Å²) in [5, 5.41) is 2.83. The number of aryl methyl sites for hydroxylation is 1. The van der Waals surface area contributed by atoms with Crippen LogP contribution >= 0.6 is 15.9 Å². The number of benzene rings is 1. The molecule has 0 spiro atoms. The number of rotatable bonds is 3. The van der Waals surface area contributed by atoms with E-state index in [1.165, 1.54) is 0 Å². The van der Waals surface area contributed by atoms with E-state index in [1.54, 1.807) is 4.90 Å². The van der Waals surface area contributed by atoms with Crippen molar-refractivity contribution < 1.29 is 9.59 Å². The van der Waals surface area contributed by atoms with E-state index in [0.29, 0.717) is 6.42 Å². The molecule has 0 bridgehead atoms. The minimum absolute atomic E-state index is 0.0356. The number of anilines is 1. The zero-order valence-corrected chi connectivity index (χ0v) is 14.4. The molecular formula is C16H21BrN2O2. The molecule has 2 amide bonds. The molecule has 2 unspecified atom stereocenters. The van der Waals surface area contributed by atoms with Gasteiger partial charge in [0, 0.05) is 10.2 Å². The van der Waals surface area contributed by atoms with Crippen molar-refractivity contribution in [3.63, 3.8) is 0 Å². The first-order chi connectivity index (χ1) is 9.86. The lowest BCUT2D eigenvalue weighted by Gasteiger charge is -2.40. The van der Waals surface area contributed by atoms with Gasteiger partial charge in [-0.2, -0.15) is 0 Å². The van der Waals surface area contributed by atoms with Crippen molar-refractivity contribution in [3.8, 4) is 0 Å². The van der Waals surface area contributed by atoms with Gasteiger partial charge in [-0.3, -0.25) is 14.5 Å². The number of piperazine rings is 1. The Morgan fingerprint density at radius 1 is 1.33 bits per heavy atom. The van der Waals surface area contributed by atoms with Gasteiger partial charge in [-0.15, -0.1) is 0 Å². The smallest absolute Gasteiger partial charge is 0.250 e. The second-order valence-corrected chi connectivity index (χ2v) is 6.65. The maximum absolute atomic E-state index is 12.7. The lowest BCUT2D eigenvalue weighted by Crippen LogP contribution is -2.65. The molecule has 2 atom stereocenters. The fraction of sp³-hybridized carbons (Fsp3) is 0.500. The van der Waals surface area contributed by atoms with Gasteiger partial charge in [-0.1, -0.05) is 42.8 Å². The van der Waals surface area contributed by atoms with E-state index in [-0.39, 0.29) is 17.7 Å². The van der Waals surface area contributed by atoms with Gasteiger partial charge in [0.15, 0.2) is 0 Å². The SMILES string of the molecule is CCC1NC(=O)C(C(C)C)N(c2ccc(C)c(Br)c2)C1=O. The molecule has 0 aromatic heterocycles. The molecule has 21 heavy (non-hydrogen) atoms. The van der Waals surface area contributed by atoms with Crippen molar-refractivity contribution in [1.82, 2.24) is 5.32 Å². The molecule has 1 N–H and O–H groups in total. The zero-order chi connectivity index (χ0) is 15.7. The first kappa shape index (κ1) is 16.0. The fourth-order valence-corrected chi connectivity index (χ4v) is 3.00. The second kappa shape index (κ2) is 6.18. The van der Waals surface area contributed by atoms with Crippen molar-refractivity contribution in [2.75, 3.05) is 4.90 Å². The van der Waals surface area contributed by atoms with E-state index in [1.807, 2.05) is 45.9 Å². The van der Waals surface area contributed by atoms with E-state index in [2.05, 4.69) is 21.2 Å². The number of nitrogens with zero attached hydrogens (tertiary/aromatic N) is 1. The number of nitrogens with one attached hydrogen (secondary N) is 1. The summed E-state index contributed by atoms with van der Waals surface area (Å²) in [7, 11) is 0. The minimum atomic E-state index is -0.463. The first-order valence-electron chi connectivity index (χ1n) is 7.26. The van der Waals surface area contributed by atoms with Gasteiger partial charge in [-0.25, -0.2) is 0 Å². The van der Waals surface area contributed by atoms with Crippen LogP contribution in [0.1, 0.15) is 32.8 Å². The maximum Gasteiger partial charge on any atom is 0.250 e. The average molecular weight is 353 g/mol. The Kier molecular flexibility index (Phi) is 4.71. The highest BCUT2D eigenvalue weighted by Gasteiger charge is 2.42. The third-order valence-corrected chi connectivity index (χ3v) is 4.73. The molecule has 1 saturated heterocycles. The van der Waals surface area contributed by atoms with Gasteiger partial charge in [0.25, 0.3) is 0 Å². The van der Waals surface area contributed by atoms with Gasteiger partial charge in [-0.05, 0) is 37.0 Å². The van der Waals surface area contributed by atoms with Gasteiger partial charge >= 0.3 is 0 Å². The van der Waals surface area contributed by atoms with Gasteiger partial charge in [0.2, 0.25) is 11.8 Å². The third-order valence-electron chi connectivity index (χ3n) is 3.87. The largest absolute Gasteiger partial charge is 0.342 e. The van der Waals surface area contributed by atoms with E-state index in [4.69, 9.17) is 0 Å². The summed E-state index contributed by atoms with van der Waals surface area (Å²) in [4.78, 5) is 26.7. The molecule has 1 aromatic carbocycles. The minimum Gasteiger partial charge on any atom is -0.342 e. The van der Waals surface area contributed by atoms with Crippen LogP contribution in [0.25, 0.3) is 0 Å². The molecule has 114 valence electrons. The Bertz CT molecular complexity index is 571. The average Bonchev–Trinajstić information content (AvgIpc) is 2.43. The zero-order valence-electron chi connectivity index (χ0n) is 12.8. The van der Waals surface area contributed by atoms with Crippen molar-refractivity contribution in [2.45, 2.75) is 46.2 Å². The molecule has 1 heterocycles. The highest BCUT2D eigenvalue weighted by molar-refractivity contribution is 9.10. The van der Waals surface area contributed by atoms with E-state index in [0.717, 1.165) is 15.7 Å². The van der Waals surface area contributed by atoms with Crippen molar-refractivity contribution in [1.29, 1.82) is 0 Å². The summed E-state index contributed by atoms with van der Waals surface area (Å²) in [5.74, 6) is -0.0634. The van der Waals surface area contributed by atoms with Crippen LogP contribution in [-0.4, -0.2) is 23.9 Å². The molecule has 1 aromatic rings. The van der Waals surface area contributed by atoms with E-state index in [9.17, 15) is 9.59 Å². The van der Waals surface area contributed by atoms with Crippen LogP contribution in [-0.2, 0) is 9.59 Å². The highest BCUT2D eigenvalue weighted by atomic mass is 79.9. The Hall–Kier alpha value is -1.36. The number of amides is 2. The summed E-state index contributed by atoms with van der Waals surface area (Å²) in [5.41, 5.74) is 1.87. The van der Waals surface area contributed by atoms with Crippen LogP contribution < -0.4 is 10.2 Å². The lowest BCUT2D eigenvalue weighted by atomic mass is 9.95. The Balaban J connectivity index is 2.49. The monoisotopic (exact) mass is 352 g/mol. The van der Waals surface area contributed by atoms with Gasteiger partial charge < -0.3 is 5.32 Å². The third kappa shape index (κ3) is 2.98. The fourth-order valence-electron chi connectivity index (χ4n) is 2.64. The van der Waals surface area contributed by atoms with Crippen LogP contribution in [0, 0.1) is 12.8 Å². The molecule has 5 heteroatoms. The summed E-state index contributed by atoms with van der Waals surface area (Å²) in [6.07, 6.45) is 0.596. The number of carbonyl (C=O) groups is 2. The Morgan fingerprint density at radius 3 is 2.52 bits per heavy atom. The van der Waals surface area contributed by atoms with Gasteiger partial charge in [0.1, 0.15) is 12.1 Å². The molecule has 1 aliphatic rings. The van der Waals surface area contributed by atoms with Crippen LogP contribution in [0.4, 0.5) is 5.69 Å². The number of hydrogen-bond acceptors (Lipinski definition) is 2. The molecule has 0 saturated carbocycles. The molecule has 1 aliphatic heterocycles. The number of hydrogen-bond donors (Lipinski definition) is 1. The summed E-state index contributed by atoms with van der Waals surface area (Å²) < 4.78 is 0.939. The van der Waals surface area contributed by atoms with E-state index >= 15 is 0 Å². The topological polar surface area (TPSA) is 49.4 Å². The predicted molar refractivity (Wildman–Crippen MR) is 87.2 cm³/mol. The summed E-state index contributed by atoms with van der Waals surface area (Å²) in [6, 6.07) is 4.87. The molecule has 4 nitrogen and oxygen atoms in total. The standard InChI is InChI=1S/C16H21BrN2O2/c1-5-13-16(21)19(14(9(2)3)15(20)18-13)11-7-6-10(4)12(17)8-11/h6-9,13-14H,5H2,1-4H3,(H,18,20). The van der Waals surface area contributed by atoms with Crippen LogP contribution in [0.5, 0.6) is 0 Å². The normalized spacial score (nSPS) is 22.7. The van der Waals surface area contributed by atoms with Gasteiger partial charge in [0.05, 0.1) is 0 Å². The summed E-state index contributed by atoms with van der Waals surface area (Å²) in [6.45, 7) is 7.81. The van der Waals surface area contributed by atoms with Crippen LogP contribution in [0.3, 0.4) is 0 Å². The molecular weight excluding hydrogens is 332 g/mol. The van der Waals surface area contributed by atoms with Crippen LogP contribution in [0.2, 0.25) is 0 Å². The lowest BCUT2D eigenvalue weighted by molar-refractivity contribution is -0.134. The first-order valence-corrected chi connectivity index (χ1v) is 8.05. The number of halogens is 1. The number of carbonyl (C=O) groups excluding carboxylic acids is 2. The van der Waals surface area contributed by atoms with Crippen molar-refractivity contribution in [2.24, 2.45) is 5.92 Å². The van der Waals surface area contributed by atoms with Crippen molar-refractivity contribution >= 4 is 33.4 Å². The quantitative estimate of drug-likeness (QED) is 0.908. The molecule has 0 radical (unpaired) electrons. The van der Waals surface area contributed by atoms with Crippen molar-refractivity contribution in [3.05, 3.63) is 28.2 Å². The van der Waals surface area contributed by atoms with E-state index < -0.39 is 12.1 Å². The maximum atomic E-state index is 12.7. The van der Waals surface area contributed by atoms with Crippen LogP contribution in [0.15, 0.2) is 22.7 Å². The Morgan fingerprint density at radius 2 is 2.00 bits per heavy atom. The Labute approximate surface area is 134 Å². The molecule has 0 aliphatic carbocycles.